The molecule has 1 aromatic carbocycles. The van der Waals surface area contributed by atoms with Gasteiger partial charge in [-0.25, -0.2) is 0 Å². The molecule has 2 aliphatic carbocycles. The van der Waals surface area contributed by atoms with E-state index in [1.54, 1.807) is 22.4 Å². The maximum atomic E-state index is 3.70. The first-order valence-electron chi connectivity index (χ1n) is 10.3. The minimum Gasteiger partial charge on any atom is -0.371 e. The van der Waals surface area contributed by atoms with Gasteiger partial charge in [0.15, 0.2) is 0 Å². The maximum Gasteiger partial charge on any atom is 0.0362 e. The smallest absolute Gasteiger partial charge is 0.0362 e. The summed E-state index contributed by atoms with van der Waals surface area (Å²) < 4.78 is 0. The molecule has 0 fully saturated rings. The first-order chi connectivity index (χ1) is 12.7. The molecule has 3 atom stereocenters. The standard InChI is InChI=1S/C24H30N2/c1-17-23-15-20-19-9-6-13-25-16-24(17,2)21(19)10-11-22(20)26(23)14-12-18-7-4-3-5-8-18/h3-9,17,23,25H,10-16H2,1-2H3. The van der Waals surface area contributed by atoms with E-state index >= 15 is 0 Å². The molecule has 26 heavy (non-hydrogen) atoms. The number of hydrogen-bond acceptors (Lipinski definition) is 2. The fourth-order valence-corrected chi connectivity index (χ4v) is 5.93. The lowest BCUT2D eigenvalue weighted by atomic mass is 9.65. The first-order valence-corrected chi connectivity index (χ1v) is 10.3. The van der Waals surface area contributed by atoms with Crippen molar-refractivity contribution in [3.05, 3.63) is 70.5 Å². The molecule has 0 saturated heterocycles. The lowest BCUT2D eigenvalue weighted by Gasteiger charge is -2.48. The molecule has 2 heterocycles. The Balaban J connectivity index is 1.54. The van der Waals surface area contributed by atoms with Crippen LogP contribution in [-0.2, 0) is 6.42 Å². The average Bonchev–Trinajstić information content (AvgIpc) is 3.00. The number of nitrogens with one attached hydrogen (secondary N) is 1. The van der Waals surface area contributed by atoms with Crippen LogP contribution in [0.4, 0.5) is 0 Å². The van der Waals surface area contributed by atoms with E-state index in [0.29, 0.717) is 12.0 Å². The molecule has 5 bridgehead atoms. The highest BCUT2D eigenvalue weighted by Crippen LogP contribution is 2.56. The minimum atomic E-state index is 0.281. The summed E-state index contributed by atoms with van der Waals surface area (Å²) in [7, 11) is 0. The predicted octanol–water partition coefficient (Wildman–Crippen LogP) is 4.46. The van der Waals surface area contributed by atoms with Crippen LogP contribution in [0.1, 0.15) is 38.7 Å². The second-order valence-electron chi connectivity index (χ2n) is 8.76. The lowest BCUT2D eigenvalue weighted by Crippen LogP contribution is -2.49. The minimum absolute atomic E-state index is 0.281. The van der Waals surface area contributed by atoms with Crippen LogP contribution in [0.5, 0.6) is 0 Å². The molecule has 0 radical (unpaired) electrons. The van der Waals surface area contributed by atoms with Gasteiger partial charge >= 0.3 is 0 Å². The number of hydrogen-bond donors (Lipinski definition) is 1. The number of likely N-dealkylation sites (tertiary alicyclic amines) is 1. The molecule has 4 aliphatic rings. The summed E-state index contributed by atoms with van der Waals surface area (Å²) >= 11 is 0. The third-order valence-corrected chi connectivity index (χ3v) is 7.57. The van der Waals surface area contributed by atoms with Crippen LogP contribution in [0.15, 0.2) is 64.9 Å². The Morgan fingerprint density at radius 3 is 2.88 bits per heavy atom. The van der Waals surface area contributed by atoms with Gasteiger partial charge in [0.1, 0.15) is 0 Å². The average molecular weight is 347 g/mol. The van der Waals surface area contributed by atoms with Gasteiger partial charge in [0.2, 0.25) is 0 Å². The fraction of sp³-hybridized carbons (Fsp3) is 0.500. The highest BCUT2D eigenvalue weighted by molar-refractivity contribution is 5.55. The Morgan fingerprint density at radius 2 is 2.04 bits per heavy atom. The third-order valence-electron chi connectivity index (χ3n) is 7.57. The molecular weight excluding hydrogens is 316 g/mol. The summed E-state index contributed by atoms with van der Waals surface area (Å²) in [5.41, 5.74) is 8.42. The van der Waals surface area contributed by atoms with Crippen molar-refractivity contribution < 1.29 is 0 Å². The fourth-order valence-electron chi connectivity index (χ4n) is 5.93. The van der Waals surface area contributed by atoms with Gasteiger partial charge in [-0.1, -0.05) is 61.9 Å². The first kappa shape index (κ1) is 16.4. The van der Waals surface area contributed by atoms with Crippen LogP contribution in [0, 0.1) is 11.3 Å². The van der Waals surface area contributed by atoms with Crippen molar-refractivity contribution >= 4 is 0 Å². The van der Waals surface area contributed by atoms with E-state index < -0.39 is 0 Å². The van der Waals surface area contributed by atoms with E-state index in [9.17, 15) is 0 Å². The van der Waals surface area contributed by atoms with E-state index in [4.69, 9.17) is 0 Å². The largest absolute Gasteiger partial charge is 0.371 e. The third kappa shape index (κ3) is 2.35. The van der Waals surface area contributed by atoms with Crippen LogP contribution in [0.3, 0.4) is 0 Å². The van der Waals surface area contributed by atoms with Gasteiger partial charge in [0.25, 0.3) is 0 Å². The highest BCUT2D eigenvalue weighted by Gasteiger charge is 2.50. The van der Waals surface area contributed by atoms with Crippen molar-refractivity contribution in [2.24, 2.45) is 11.3 Å². The molecule has 2 heteroatoms. The predicted molar refractivity (Wildman–Crippen MR) is 108 cm³/mol. The van der Waals surface area contributed by atoms with Crippen LogP contribution < -0.4 is 5.32 Å². The van der Waals surface area contributed by atoms with Gasteiger partial charge in [-0.15, -0.1) is 0 Å². The zero-order chi connectivity index (χ0) is 17.7. The second kappa shape index (κ2) is 6.13. The Morgan fingerprint density at radius 1 is 1.19 bits per heavy atom. The molecule has 0 spiro atoms. The summed E-state index contributed by atoms with van der Waals surface area (Å²) in [6.45, 7) is 8.32. The van der Waals surface area contributed by atoms with Gasteiger partial charge in [-0.05, 0) is 48.3 Å². The zero-order valence-electron chi connectivity index (χ0n) is 16.1. The van der Waals surface area contributed by atoms with Crippen LogP contribution in [0.2, 0.25) is 0 Å². The summed E-state index contributed by atoms with van der Waals surface area (Å²) in [5, 5.41) is 3.70. The van der Waals surface area contributed by atoms with E-state index in [-0.39, 0.29) is 5.41 Å². The number of benzene rings is 1. The molecule has 5 rings (SSSR count). The van der Waals surface area contributed by atoms with Crippen molar-refractivity contribution in [3.8, 4) is 0 Å². The summed E-state index contributed by atoms with van der Waals surface area (Å²) in [6, 6.07) is 11.7. The number of nitrogens with zero attached hydrogens (tertiary/aromatic N) is 1. The molecule has 2 aliphatic heterocycles. The number of fused-ring (bicyclic) bond motifs is 1. The van der Waals surface area contributed by atoms with Gasteiger partial charge in [-0.3, -0.25) is 0 Å². The summed E-state index contributed by atoms with van der Waals surface area (Å²) in [4.78, 5) is 2.80. The Hall–Kier alpha value is -1.80. The molecule has 0 saturated carbocycles. The van der Waals surface area contributed by atoms with Crippen LogP contribution >= 0.6 is 0 Å². The van der Waals surface area contributed by atoms with Crippen molar-refractivity contribution in [1.29, 1.82) is 0 Å². The monoisotopic (exact) mass is 346 g/mol. The second-order valence-corrected chi connectivity index (χ2v) is 8.76. The molecule has 3 unspecified atom stereocenters. The van der Waals surface area contributed by atoms with Crippen molar-refractivity contribution in [2.75, 3.05) is 19.6 Å². The molecule has 136 valence electrons. The van der Waals surface area contributed by atoms with Gasteiger partial charge in [-0.2, -0.15) is 0 Å². The molecule has 0 aromatic heterocycles. The Bertz CT molecular complexity index is 801. The normalized spacial score (nSPS) is 32.8. The lowest BCUT2D eigenvalue weighted by molar-refractivity contribution is 0.111. The maximum absolute atomic E-state index is 3.70. The summed E-state index contributed by atoms with van der Waals surface area (Å²) in [5.74, 6) is 0.678. The molecular formula is C24H30N2. The van der Waals surface area contributed by atoms with E-state index in [1.807, 2.05) is 0 Å². The molecule has 2 nitrogen and oxygen atoms in total. The van der Waals surface area contributed by atoms with Crippen molar-refractivity contribution in [3.63, 3.8) is 0 Å². The topological polar surface area (TPSA) is 15.3 Å². The quantitative estimate of drug-likeness (QED) is 0.869. The van der Waals surface area contributed by atoms with Gasteiger partial charge in [0, 0.05) is 36.8 Å². The van der Waals surface area contributed by atoms with E-state index in [1.165, 1.54) is 24.8 Å². The van der Waals surface area contributed by atoms with E-state index in [2.05, 4.69) is 66.5 Å². The van der Waals surface area contributed by atoms with Crippen molar-refractivity contribution in [1.82, 2.24) is 10.2 Å². The van der Waals surface area contributed by atoms with Gasteiger partial charge in [0.05, 0.1) is 0 Å². The molecule has 0 amide bonds. The van der Waals surface area contributed by atoms with Crippen LogP contribution in [0.25, 0.3) is 0 Å². The number of rotatable bonds is 3. The number of allylic oxidation sites excluding steroid dienone is 3. The van der Waals surface area contributed by atoms with Gasteiger partial charge < -0.3 is 10.2 Å². The van der Waals surface area contributed by atoms with Crippen LogP contribution in [-0.4, -0.2) is 30.6 Å². The molecule has 1 N–H and O–H groups in total. The molecule has 1 aromatic rings. The SMILES string of the molecule is CC1C2CC3=C(CCC4=C3C=CCNCC41C)N2CCc1ccccc1. The van der Waals surface area contributed by atoms with Crippen molar-refractivity contribution in [2.45, 2.75) is 45.6 Å². The highest BCUT2D eigenvalue weighted by atomic mass is 15.2. The Labute approximate surface area is 157 Å². The zero-order valence-corrected chi connectivity index (χ0v) is 16.1. The Kier molecular flexibility index (Phi) is 3.86. The summed E-state index contributed by atoms with van der Waals surface area (Å²) in [6.07, 6.45) is 9.67. The van der Waals surface area contributed by atoms with E-state index in [0.717, 1.165) is 26.1 Å².